The normalized spacial score (nSPS) is 10.3. The molecular weight excluding hydrogens is 338 g/mol. The number of nitrogens with zero attached hydrogens (tertiary/aromatic N) is 3. The minimum absolute atomic E-state index is 0.261. The van der Waals surface area contributed by atoms with Crippen molar-refractivity contribution in [2.45, 2.75) is 16.3 Å². The van der Waals surface area contributed by atoms with E-state index in [1.54, 1.807) is 13.1 Å². The first-order valence-corrected chi connectivity index (χ1v) is 7.41. The van der Waals surface area contributed by atoms with Crippen LogP contribution in [0.5, 0.6) is 0 Å². The van der Waals surface area contributed by atoms with E-state index in [0.29, 0.717) is 10.9 Å². The van der Waals surface area contributed by atoms with Crippen molar-refractivity contribution in [2.75, 3.05) is 6.61 Å². The van der Waals surface area contributed by atoms with E-state index in [0.717, 1.165) is 9.50 Å². The van der Waals surface area contributed by atoms with Crippen molar-refractivity contribution in [1.82, 2.24) is 15.2 Å². The zero-order valence-electron chi connectivity index (χ0n) is 9.29. The molecule has 18 heavy (non-hydrogen) atoms. The van der Waals surface area contributed by atoms with Gasteiger partial charge in [-0.1, -0.05) is 11.3 Å². The van der Waals surface area contributed by atoms with Gasteiger partial charge in [-0.15, -0.1) is 10.2 Å². The van der Waals surface area contributed by atoms with Crippen LogP contribution in [0.25, 0.3) is 0 Å². The Balaban J connectivity index is 2.06. The van der Waals surface area contributed by atoms with E-state index in [4.69, 9.17) is 4.74 Å². The monoisotopic (exact) mass is 345 g/mol. The second kappa shape index (κ2) is 6.26. The number of pyridine rings is 1. The molecule has 94 valence electrons. The number of carbonyl (C=O) groups is 1. The first-order valence-electron chi connectivity index (χ1n) is 4.99. The van der Waals surface area contributed by atoms with Crippen LogP contribution < -0.4 is 0 Å². The van der Waals surface area contributed by atoms with Crippen molar-refractivity contribution in [1.29, 1.82) is 0 Å². The van der Waals surface area contributed by atoms with Gasteiger partial charge in [-0.25, -0.2) is 9.78 Å². The molecule has 2 aromatic heterocycles. The Hall–Kier alpha value is -0.990. The molecule has 0 aliphatic rings. The summed E-state index contributed by atoms with van der Waals surface area (Å²) in [4.78, 5) is 15.6. The van der Waals surface area contributed by atoms with Crippen LogP contribution in [0, 0.1) is 0 Å². The number of ether oxygens (including phenoxy) is 1. The molecule has 2 heterocycles. The van der Waals surface area contributed by atoms with Crippen molar-refractivity contribution in [3.63, 3.8) is 0 Å². The van der Waals surface area contributed by atoms with Gasteiger partial charge in [0, 0.05) is 10.7 Å². The van der Waals surface area contributed by atoms with E-state index in [9.17, 15) is 4.79 Å². The van der Waals surface area contributed by atoms with Crippen LogP contribution in [-0.2, 0) is 4.74 Å². The molecule has 0 atom stereocenters. The van der Waals surface area contributed by atoms with E-state index in [1.807, 2.05) is 12.1 Å². The number of aromatic nitrogens is 3. The van der Waals surface area contributed by atoms with E-state index in [1.165, 1.54) is 23.1 Å². The Labute approximate surface area is 120 Å². The molecule has 0 amide bonds. The maximum atomic E-state index is 11.4. The van der Waals surface area contributed by atoms with Gasteiger partial charge in [0.15, 0.2) is 4.34 Å². The number of hydrogen-bond acceptors (Lipinski definition) is 7. The molecule has 2 aromatic rings. The van der Waals surface area contributed by atoms with Gasteiger partial charge in [-0.05, 0) is 46.7 Å². The fraction of sp³-hybridized carbons (Fsp3) is 0.200. The number of esters is 1. The van der Waals surface area contributed by atoms with Crippen LogP contribution >= 0.6 is 39.0 Å². The van der Waals surface area contributed by atoms with E-state index in [2.05, 4.69) is 31.1 Å². The largest absolute Gasteiger partial charge is 0.461 e. The lowest BCUT2D eigenvalue weighted by Crippen LogP contribution is -2.03. The third-order valence-corrected chi connectivity index (χ3v) is 4.12. The fourth-order valence-electron chi connectivity index (χ4n) is 1.04. The molecule has 0 N–H and O–H groups in total. The van der Waals surface area contributed by atoms with Gasteiger partial charge in [-0.3, -0.25) is 0 Å². The van der Waals surface area contributed by atoms with E-state index >= 15 is 0 Å². The van der Waals surface area contributed by atoms with E-state index < -0.39 is 5.97 Å². The summed E-state index contributed by atoms with van der Waals surface area (Å²) in [6.07, 6.45) is 1.70. The molecular formula is C10H8BrN3O2S2. The fourth-order valence-corrected chi connectivity index (χ4v) is 2.91. The average Bonchev–Trinajstić information content (AvgIpc) is 2.81. The van der Waals surface area contributed by atoms with Crippen molar-refractivity contribution >= 4 is 45.0 Å². The number of rotatable bonds is 4. The Morgan fingerprint density at radius 2 is 2.33 bits per heavy atom. The van der Waals surface area contributed by atoms with Gasteiger partial charge in [-0.2, -0.15) is 0 Å². The topological polar surface area (TPSA) is 65.0 Å². The predicted octanol–water partition coefficient (Wildman–Crippen LogP) is 3.02. The number of hydrogen-bond donors (Lipinski definition) is 0. The molecule has 8 heteroatoms. The Morgan fingerprint density at radius 1 is 1.50 bits per heavy atom. The second-order valence-corrected chi connectivity index (χ2v) is 6.17. The highest BCUT2D eigenvalue weighted by molar-refractivity contribution is 9.10. The number of halogens is 1. The van der Waals surface area contributed by atoms with Crippen LogP contribution in [0.3, 0.4) is 0 Å². The van der Waals surface area contributed by atoms with E-state index in [-0.39, 0.29) is 5.01 Å². The summed E-state index contributed by atoms with van der Waals surface area (Å²) in [5.74, 6) is -0.439. The summed E-state index contributed by atoms with van der Waals surface area (Å²) < 4.78 is 6.42. The minimum atomic E-state index is -0.439. The lowest BCUT2D eigenvalue weighted by molar-refractivity contribution is 0.0525. The smallest absolute Gasteiger partial charge is 0.369 e. The van der Waals surface area contributed by atoms with Crippen molar-refractivity contribution in [2.24, 2.45) is 0 Å². The summed E-state index contributed by atoms with van der Waals surface area (Å²) in [5.41, 5.74) is 0. The zero-order chi connectivity index (χ0) is 13.0. The average molecular weight is 346 g/mol. The summed E-state index contributed by atoms with van der Waals surface area (Å²) >= 11 is 5.87. The molecule has 0 aliphatic carbocycles. The molecule has 0 aromatic carbocycles. The van der Waals surface area contributed by atoms with Crippen LogP contribution in [-0.4, -0.2) is 27.8 Å². The van der Waals surface area contributed by atoms with Crippen molar-refractivity contribution in [3.8, 4) is 0 Å². The quantitative estimate of drug-likeness (QED) is 0.793. The Kier molecular flexibility index (Phi) is 4.67. The van der Waals surface area contributed by atoms with Gasteiger partial charge >= 0.3 is 5.97 Å². The summed E-state index contributed by atoms with van der Waals surface area (Å²) in [6, 6.07) is 3.75. The standard InChI is InChI=1S/C10H8BrN3O2S2/c1-2-16-9(15)8-13-14-10(18-8)17-7-4-3-6(11)5-12-7/h3-5H,2H2,1H3. The zero-order valence-corrected chi connectivity index (χ0v) is 12.5. The molecule has 0 unspecified atom stereocenters. The van der Waals surface area contributed by atoms with Gasteiger partial charge < -0.3 is 4.74 Å². The molecule has 2 rings (SSSR count). The molecule has 0 saturated carbocycles. The van der Waals surface area contributed by atoms with Gasteiger partial charge in [0.05, 0.1) is 6.61 Å². The highest BCUT2D eigenvalue weighted by Crippen LogP contribution is 2.29. The van der Waals surface area contributed by atoms with Crippen molar-refractivity contribution in [3.05, 3.63) is 27.8 Å². The van der Waals surface area contributed by atoms with Gasteiger partial charge in [0.25, 0.3) is 0 Å². The molecule has 5 nitrogen and oxygen atoms in total. The first-order chi connectivity index (χ1) is 8.69. The van der Waals surface area contributed by atoms with Crippen LogP contribution in [0.15, 0.2) is 32.2 Å². The molecule has 0 fully saturated rings. The van der Waals surface area contributed by atoms with Crippen LogP contribution in [0.2, 0.25) is 0 Å². The summed E-state index contributed by atoms with van der Waals surface area (Å²) in [6.45, 7) is 2.08. The Morgan fingerprint density at radius 3 is 3.00 bits per heavy atom. The molecule has 0 aliphatic heterocycles. The summed E-state index contributed by atoms with van der Waals surface area (Å²) in [7, 11) is 0. The lowest BCUT2D eigenvalue weighted by Gasteiger charge is -1.95. The van der Waals surface area contributed by atoms with Gasteiger partial charge in [0.2, 0.25) is 5.01 Å². The lowest BCUT2D eigenvalue weighted by atomic mass is 10.5. The Bertz CT molecular complexity index is 544. The summed E-state index contributed by atoms with van der Waals surface area (Å²) in [5, 5.41) is 8.76. The highest BCUT2D eigenvalue weighted by atomic mass is 79.9. The molecule has 0 saturated heterocycles. The van der Waals surface area contributed by atoms with Gasteiger partial charge in [0.1, 0.15) is 5.03 Å². The second-order valence-electron chi connectivity index (χ2n) is 3.01. The minimum Gasteiger partial charge on any atom is -0.461 e. The van der Waals surface area contributed by atoms with Crippen molar-refractivity contribution < 1.29 is 9.53 Å². The first kappa shape index (κ1) is 13.4. The van der Waals surface area contributed by atoms with Crippen LogP contribution in [0.1, 0.15) is 16.7 Å². The maximum Gasteiger partial charge on any atom is 0.369 e. The molecule has 0 bridgehead atoms. The van der Waals surface area contributed by atoms with Crippen LogP contribution in [0.4, 0.5) is 0 Å². The third kappa shape index (κ3) is 3.50. The number of carbonyl (C=O) groups excluding carboxylic acids is 1. The maximum absolute atomic E-state index is 11.4. The highest BCUT2D eigenvalue weighted by Gasteiger charge is 2.14. The molecule has 0 spiro atoms. The SMILES string of the molecule is CCOC(=O)c1nnc(Sc2ccc(Br)cn2)s1. The molecule has 0 radical (unpaired) electrons. The third-order valence-electron chi connectivity index (χ3n) is 1.75. The predicted molar refractivity (Wildman–Crippen MR) is 71.9 cm³/mol.